The average Bonchev–Trinajstić information content (AvgIpc) is 2.63. The van der Waals surface area contributed by atoms with Gasteiger partial charge in [-0.05, 0) is 37.3 Å². The van der Waals surface area contributed by atoms with Crippen LogP contribution in [0.15, 0.2) is 12.1 Å². The second-order valence-corrected chi connectivity index (χ2v) is 9.30. The first-order chi connectivity index (χ1) is 12.6. The molecular weight excluding hydrogens is 383 g/mol. The van der Waals surface area contributed by atoms with Gasteiger partial charge in [-0.15, -0.1) is 0 Å². The summed E-state index contributed by atoms with van der Waals surface area (Å²) in [5, 5.41) is 0. The van der Waals surface area contributed by atoms with E-state index in [-0.39, 0.29) is 24.1 Å². The first-order valence-corrected chi connectivity index (χ1v) is 10.2. The number of benzene rings is 1. The molecule has 2 saturated heterocycles. The summed E-state index contributed by atoms with van der Waals surface area (Å²) >= 11 is 0. The molecule has 0 aromatic heterocycles. The Morgan fingerprint density at radius 3 is 2.33 bits per heavy atom. The highest BCUT2D eigenvalue weighted by molar-refractivity contribution is 7.86. The lowest BCUT2D eigenvalue weighted by Gasteiger charge is -2.47. The van der Waals surface area contributed by atoms with Crippen molar-refractivity contribution in [3.8, 4) is 0 Å². The molecule has 10 heteroatoms. The Balaban J connectivity index is 1.80. The van der Waals surface area contributed by atoms with Gasteiger partial charge in [0.2, 0.25) is 0 Å². The van der Waals surface area contributed by atoms with E-state index in [1.54, 1.807) is 4.90 Å². The van der Waals surface area contributed by atoms with Crippen LogP contribution in [-0.4, -0.2) is 67.6 Å². The van der Waals surface area contributed by atoms with E-state index in [9.17, 15) is 26.4 Å². The summed E-state index contributed by atoms with van der Waals surface area (Å²) in [7, 11) is -0.598. The number of likely N-dealkylation sites (tertiary alicyclic amines) is 1. The SMILES string of the molecule is CN(C)S(=O)(=O)N1CC[C@H]2[C@H](CCCN2C(=O)c2cc(F)c(F)c(F)c2)C1. The maximum Gasteiger partial charge on any atom is 0.281 e. The van der Waals surface area contributed by atoms with Gasteiger partial charge in [0.25, 0.3) is 16.1 Å². The van der Waals surface area contributed by atoms with Gasteiger partial charge < -0.3 is 4.90 Å². The quantitative estimate of drug-likeness (QED) is 0.721. The molecular formula is C17H22F3N3O3S. The summed E-state index contributed by atoms with van der Waals surface area (Å²) in [6.45, 7) is 0.972. The molecule has 2 aliphatic heterocycles. The third-order valence-corrected chi connectivity index (χ3v) is 7.22. The maximum atomic E-state index is 13.5. The summed E-state index contributed by atoms with van der Waals surface area (Å²) in [5.74, 6) is -5.03. The highest BCUT2D eigenvalue weighted by Gasteiger charge is 2.41. The Hall–Kier alpha value is -1.65. The van der Waals surface area contributed by atoms with Gasteiger partial charge in [0.15, 0.2) is 17.5 Å². The van der Waals surface area contributed by atoms with Crippen molar-refractivity contribution in [2.45, 2.75) is 25.3 Å². The predicted octanol–water partition coefficient (Wildman–Crippen LogP) is 1.84. The Morgan fingerprint density at radius 1 is 1.11 bits per heavy atom. The van der Waals surface area contributed by atoms with E-state index in [1.807, 2.05) is 0 Å². The van der Waals surface area contributed by atoms with Crippen LogP contribution in [0.1, 0.15) is 29.6 Å². The van der Waals surface area contributed by atoms with E-state index in [0.717, 1.165) is 10.7 Å². The van der Waals surface area contributed by atoms with E-state index in [4.69, 9.17) is 0 Å². The summed E-state index contributed by atoms with van der Waals surface area (Å²) in [6.07, 6.45) is 1.87. The lowest BCUT2D eigenvalue weighted by Crippen LogP contribution is -2.57. The first-order valence-electron chi connectivity index (χ1n) is 8.76. The van der Waals surface area contributed by atoms with Crippen molar-refractivity contribution in [1.82, 2.24) is 13.5 Å². The van der Waals surface area contributed by atoms with E-state index in [0.29, 0.717) is 38.1 Å². The van der Waals surface area contributed by atoms with Crippen LogP contribution in [0.3, 0.4) is 0 Å². The molecule has 6 nitrogen and oxygen atoms in total. The Kier molecular flexibility index (Phi) is 5.51. The Labute approximate surface area is 156 Å². The largest absolute Gasteiger partial charge is 0.335 e. The molecule has 0 aliphatic carbocycles. The molecule has 1 aromatic carbocycles. The van der Waals surface area contributed by atoms with Crippen LogP contribution in [0.4, 0.5) is 13.2 Å². The number of carbonyl (C=O) groups is 1. The molecule has 0 unspecified atom stereocenters. The van der Waals surface area contributed by atoms with Crippen LogP contribution >= 0.6 is 0 Å². The number of carbonyl (C=O) groups excluding carboxylic acids is 1. The van der Waals surface area contributed by atoms with Crippen LogP contribution in [0, 0.1) is 23.4 Å². The second kappa shape index (κ2) is 7.40. The molecule has 2 heterocycles. The number of fused-ring (bicyclic) bond motifs is 1. The average molecular weight is 405 g/mol. The third-order valence-electron chi connectivity index (χ3n) is 5.31. The van der Waals surface area contributed by atoms with Gasteiger partial charge >= 0.3 is 0 Å². The van der Waals surface area contributed by atoms with Gasteiger partial charge in [0.1, 0.15) is 0 Å². The van der Waals surface area contributed by atoms with Gasteiger partial charge in [-0.25, -0.2) is 13.2 Å². The number of hydrogen-bond acceptors (Lipinski definition) is 3. The Bertz CT molecular complexity index is 824. The molecule has 27 heavy (non-hydrogen) atoms. The minimum absolute atomic E-state index is 0.0543. The van der Waals surface area contributed by atoms with Crippen molar-refractivity contribution in [1.29, 1.82) is 0 Å². The van der Waals surface area contributed by atoms with E-state index in [1.165, 1.54) is 18.4 Å². The molecule has 0 radical (unpaired) electrons. The van der Waals surface area contributed by atoms with E-state index >= 15 is 0 Å². The molecule has 1 amide bonds. The molecule has 2 atom stereocenters. The molecule has 0 bridgehead atoms. The lowest BCUT2D eigenvalue weighted by atomic mass is 9.84. The normalized spacial score (nSPS) is 24.1. The van der Waals surface area contributed by atoms with Gasteiger partial charge in [0, 0.05) is 45.3 Å². The fourth-order valence-corrected chi connectivity index (χ4v) is 5.09. The lowest BCUT2D eigenvalue weighted by molar-refractivity contribution is 0.0328. The zero-order valence-corrected chi connectivity index (χ0v) is 16.0. The van der Waals surface area contributed by atoms with Gasteiger partial charge in [0.05, 0.1) is 0 Å². The summed E-state index contributed by atoms with van der Waals surface area (Å²) < 4.78 is 67.4. The van der Waals surface area contributed by atoms with Crippen molar-refractivity contribution < 1.29 is 26.4 Å². The molecule has 0 spiro atoms. The monoisotopic (exact) mass is 405 g/mol. The molecule has 1 aromatic rings. The summed E-state index contributed by atoms with van der Waals surface area (Å²) in [6, 6.07) is 1.20. The van der Waals surface area contributed by atoms with Crippen LogP contribution < -0.4 is 0 Å². The van der Waals surface area contributed by atoms with Crippen molar-refractivity contribution in [3.63, 3.8) is 0 Å². The number of piperidine rings is 2. The zero-order valence-electron chi connectivity index (χ0n) is 15.2. The van der Waals surface area contributed by atoms with Crippen molar-refractivity contribution in [2.75, 3.05) is 33.7 Å². The smallest absolute Gasteiger partial charge is 0.281 e. The number of nitrogens with zero attached hydrogens (tertiary/aromatic N) is 3. The van der Waals surface area contributed by atoms with Gasteiger partial charge in [-0.3, -0.25) is 4.79 Å². The predicted molar refractivity (Wildman–Crippen MR) is 92.7 cm³/mol. The van der Waals surface area contributed by atoms with Gasteiger partial charge in [-0.1, -0.05) is 0 Å². The number of hydrogen-bond donors (Lipinski definition) is 0. The minimum Gasteiger partial charge on any atom is -0.335 e. The van der Waals surface area contributed by atoms with E-state index < -0.39 is 33.6 Å². The van der Waals surface area contributed by atoms with Crippen LogP contribution in [-0.2, 0) is 10.2 Å². The number of rotatable bonds is 3. The number of amides is 1. The summed E-state index contributed by atoms with van der Waals surface area (Å²) in [5.41, 5.74) is -0.240. The van der Waals surface area contributed by atoms with Crippen molar-refractivity contribution in [2.24, 2.45) is 5.92 Å². The second-order valence-electron chi connectivity index (χ2n) is 7.16. The molecule has 0 N–H and O–H groups in total. The topological polar surface area (TPSA) is 60.9 Å². The fraction of sp³-hybridized carbons (Fsp3) is 0.588. The highest BCUT2D eigenvalue weighted by Crippen LogP contribution is 2.33. The van der Waals surface area contributed by atoms with Crippen LogP contribution in [0.5, 0.6) is 0 Å². The van der Waals surface area contributed by atoms with Crippen LogP contribution in [0.25, 0.3) is 0 Å². The summed E-state index contributed by atoms with van der Waals surface area (Å²) in [4.78, 5) is 14.3. The minimum atomic E-state index is -3.53. The van der Waals surface area contributed by atoms with Gasteiger partial charge in [-0.2, -0.15) is 17.0 Å². The molecule has 2 fully saturated rings. The first kappa shape index (κ1) is 20.1. The highest BCUT2D eigenvalue weighted by atomic mass is 32.2. The maximum absolute atomic E-state index is 13.5. The number of halogens is 3. The molecule has 150 valence electrons. The zero-order chi connectivity index (χ0) is 19.9. The fourth-order valence-electron chi connectivity index (χ4n) is 3.91. The van der Waals surface area contributed by atoms with Crippen molar-refractivity contribution in [3.05, 3.63) is 35.1 Å². The molecule has 0 saturated carbocycles. The molecule has 3 rings (SSSR count). The Morgan fingerprint density at radius 2 is 1.74 bits per heavy atom. The molecule has 2 aliphatic rings. The van der Waals surface area contributed by atoms with Crippen LogP contribution in [0.2, 0.25) is 0 Å². The standard InChI is InChI=1S/C17H22F3N3O3S/c1-21(2)27(25,26)22-7-5-15-11(10-22)4-3-6-23(15)17(24)12-8-13(18)16(20)14(19)9-12/h8-9,11,15H,3-7,10H2,1-2H3/t11-,15+/m1/s1. The van der Waals surface area contributed by atoms with E-state index in [2.05, 4.69) is 0 Å². The van der Waals surface area contributed by atoms with Crippen molar-refractivity contribution >= 4 is 16.1 Å². The third kappa shape index (κ3) is 3.70.